The van der Waals surface area contributed by atoms with Crippen LogP contribution >= 0.6 is 11.3 Å². The molecule has 0 radical (unpaired) electrons. The molecule has 26 heavy (non-hydrogen) atoms. The summed E-state index contributed by atoms with van der Waals surface area (Å²) in [6, 6.07) is 6.93. The number of thiophene rings is 1. The number of rotatable bonds is 7. The first-order valence-corrected chi connectivity index (χ1v) is 8.90. The molecule has 0 fully saturated rings. The van der Waals surface area contributed by atoms with Crippen LogP contribution in [-0.4, -0.2) is 51.6 Å². The highest BCUT2D eigenvalue weighted by Crippen LogP contribution is 2.29. The van der Waals surface area contributed by atoms with E-state index in [2.05, 4.69) is 10.6 Å². The molecule has 1 aromatic carbocycles. The van der Waals surface area contributed by atoms with E-state index >= 15 is 0 Å². The number of methoxy groups -OCH3 is 2. The highest BCUT2D eigenvalue weighted by atomic mass is 32.1. The Labute approximate surface area is 156 Å². The van der Waals surface area contributed by atoms with E-state index in [9.17, 15) is 9.59 Å². The molecule has 0 spiro atoms. The fraction of sp³-hybridized carbons (Fsp3) is 0.333. The number of benzene rings is 1. The number of nitrogens with zero attached hydrogens (tertiary/aromatic N) is 1. The molecule has 0 aliphatic carbocycles. The standard InChI is InChI=1S/C18H23N3O4S/c1-21(2)15(12-7-8-26-11-12)10-19-17(22)18(23)20-14-6-5-13(24-3)9-16(14)25-4/h5-9,11,15H,10H2,1-4H3,(H,19,22)(H,20,23). The van der Waals surface area contributed by atoms with Crippen LogP contribution in [0.1, 0.15) is 11.6 Å². The van der Waals surface area contributed by atoms with E-state index in [1.807, 2.05) is 35.8 Å². The largest absolute Gasteiger partial charge is 0.497 e. The van der Waals surface area contributed by atoms with Gasteiger partial charge in [-0.25, -0.2) is 0 Å². The Balaban J connectivity index is 1.98. The first kappa shape index (κ1) is 19.7. The minimum Gasteiger partial charge on any atom is -0.497 e. The SMILES string of the molecule is COc1ccc(NC(=O)C(=O)NCC(c2ccsc2)N(C)C)c(OC)c1. The third-order valence-corrected chi connectivity index (χ3v) is 4.57. The molecular weight excluding hydrogens is 354 g/mol. The van der Waals surface area contributed by atoms with Crippen LogP contribution in [0.4, 0.5) is 5.69 Å². The van der Waals surface area contributed by atoms with Crippen molar-refractivity contribution in [3.8, 4) is 11.5 Å². The quantitative estimate of drug-likeness (QED) is 0.723. The Bertz CT molecular complexity index is 747. The fourth-order valence-corrected chi connectivity index (χ4v) is 3.12. The van der Waals surface area contributed by atoms with Gasteiger partial charge in [0.15, 0.2) is 0 Å². The molecule has 140 valence electrons. The summed E-state index contributed by atoms with van der Waals surface area (Å²) in [5.41, 5.74) is 1.49. The zero-order chi connectivity index (χ0) is 19.1. The Morgan fingerprint density at radius 1 is 1.15 bits per heavy atom. The number of ether oxygens (including phenoxy) is 2. The van der Waals surface area contributed by atoms with E-state index in [1.54, 1.807) is 29.5 Å². The second-order valence-electron chi connectivity index (χ2n) is 5.77. The van der Waals surface area contributed by atoms with Gasteiger partial charge in [0, 0.05) is 12.6 Å². The van der Waals surface area contributed by atoms with Crippen LogP contribution in [0.5, 0.6) is 11.5 Å². The third-order valence-electron chi connectivity index (χ3n) is 3.87. The molecule has 8 heteroatoms. The van der Waals surface area contributed by atoms with Gasteiger partial charge in [-0.05, 0) is 48.6 Å². The van der Waals surface area contributed by atoms with Gasteiger partial charge in [-0.15, -0.1) is 0 Å². The van der Waals surface area contributed by atoms with E-state index in [0.29, 0.717) is 23.7 Å². The summed E-state index contributed by atoms with van der Waals surface area (Å²) < 4.78 is 10.3. The number of carbonyl (C=O) groups is 2. The molecule has 0 aliphatic heterocycles. The molecule has 2 rings (SSSR count). The van der Waals surface area contributed by atoms with Crippen LogP contribution < -0.4 is 20.1 Å². The van der Waals surface area contributed by atoms with Crippen LogP contribution in [-0.2, 0) is 9.59 Å². The Morgan fingerprint density at radius 3 is 2.50 bits per heavy atom. The predicted molar refractivity (Wildman–Crippen MR) is 102 cm³/mol. The van der Waals surface area contributed by atoms with Crippen molar-refractivity contribution in [3.63, 3.8) is 0 Å². The molecule has 7 nitrogen and oxygen atoms in total. The van der Waals surface area contributed by atoms with Crippen LogP contribution in [0.2, 0.25) is 0 Å². The highest BCUT2D eigenvalue weighted by Gasteiger charge is 2.20. The normalized spacial score (nSPS) is 11.7. The molecule has 1 atom stereocenters. The molecule has 0 saturated heterocycles. The summed E-state index contributed by atoms with van der Waals surface area (Å²) in [5.74, 6) is -0.454. The lowest BCUT2D eigenvalue weighted by Crippen LogP contribution is -2.40. The molecule has 1 heterocycles. The van der Waals surface area contributed by atoms with Gasteiger partial charge < -0.3 is 25.0 Å². The maximum absolute atomic E-state index is 12.2. The first-order chi connectivity index (χ1) is 12.5. The van der Waals surface area contributed by atoms with Crippen LogP contribution in [0.3, 0.4) is 0 Å². The highest BCUT2D eigenvalue weighted by molar-refractivity contribution is 7.08. The maximum atomic E-state index is 12.2. The number of anilines is 1. The van der Waals surface area contributed by atoms with E-state index in [4.69, 9.17) is 9.47 Å². The zero-order valence-electron chi connectivity index (χ0n) is 15.2. The van der Waals surface area contributed by atoms with Crippen LogP contribution in [0.15, 0.2) is 35.0 Å². The summed E-state index contributed by atoms with van der Waals surface area (Å²) in [6.07, 6.45) is 0. The monoisotopic (exact) mass is 377 g/mol. The second-order valence-corrected chi connectivity index (χ2v) is 6.55. The topological polar surface area (TPSA) is 79.9 Å². The first-order valence-electron chi connectivity index (χ1n) is 7.96. The molecule has 2 amide bonds. The van der Waals surface area contributed by atoms with Crippen molar-refractivity contribution < 1.29 is 19.1 Å². The van der Waals surface area contributed by atoms with Crippen molar-refractivity contribution in [2.75, 3.05) is 40.2 Å². The summed E-state index contributed by atoms with van der Waals surface area (Å²) in [7, 11) is 6.87. The zero-order valence-corrected chi connectivity index (χ0v) is 16.1. The maximum Gasteiger partial charge on any atom is 0.313 e. The Kier molecular flexibility index (Phi) is 6.99. The molecule has 1 unspecified atom stereocenters. The molecular formula is C18H23N3O4S. The van der Waals surface area contributed by atoms with Crippen LogP contribution in [0.25, 0.3) is 0 Å². The predicted octanol–water partition coefficient (Wildman–Crippen LogP) is 2.12. The van der Waals surface area contributed by atoms with Gasteiger partial charge in [0.25, 0.3) is 0 Å². The molecule has 2 N–H and O–H groups in total. The average Bonchev–Trinajstić information content (AvgIpc) is 3.15. The lowest BCUT2D eigenvalue weighted by molar-refractivity contribution is -0.136. The molecule has 1 aromatic heterocycles. The summed E-state index contributed by atoms with van der Waals surface area (Å²) >= 11 is 1.59. The van der Waals surface area contributed by atoms with Gasteiger partial charge >= 0.3 is 11.8 Å². The average molecular weight is 377 g/mol. The van der Waals surface area contributed by atoms with Crippen LogP contribution in [0, 0.1) is 0 Å². The summed E-state index contributed by atoms with van der Waals surface area (Å²) in [6.45, 7) is 0.329. The number of nitrogens with one attached hydrogen (secondary N) is 2. The van der Waals surface area contributed by atoms with Gasteiger partial charge in [0.05, 0.1) is 25.9 Å². The van der Waals surface area contributed by atoms with Gasteiger partial charge in [0.1, 0.15) is 11.5 Å². The second kappa shape index (κ2) is 9.21. The van der Waals surface area contributed by atoms with Crippen molar-refractivity contribution >= 4 is 28.8 Å². The lowest BCUT2D eigenvalue weighted by atomic mass is 10.1. The van der Waals surface area contributed by atoms with Crippen molar-refractivity contribution in [2.24, 2.45) is 0 Å². The van der Waals surface area contributed by atoms with E-state index in [0.717, 1.165) is 5.56 Å². The Morgan fingerprint density at radius 2 is 1.92 bits per heavy atom. The number of hydrogen-bond acceptors (Lipinski definition) is 6. The fourth-order valence-electron chi connectivity index (χ4n) is 2.41. The molecule has 0 bridgehead atoms. The van der Waals surface area contributed by atoms with E-state index < -0.39 is 11.8 Å². The third kappa shape index (κ3) is 4.96. The summed E-state index contributed by atoms with van der Waals surface area (Å²) in [5, 5.41) is 9.25. The number of carbonyl (C=O) groups excluding carboxylic acids is 2. The number of hydrogen-bond donors (Lipinski definition) is 2. The number of likely N-dealkylation sites (N-methyl/N-ethyl adjacent to an activating group) is 1. The van der Waals surface area contributed by atoms with Gasteiger partial charge in [-0.1, -0.05) is 0 Å². The Hall–Kier alpha value is -2.58. The minimum absolute atomic E-state index is 0.00600. The molecule has 2 aromatic rings. The molecule has 0 saturated carbocycles. The van der Waals surface area contributed by atoms with Crippen molar-refractivity contribution in [3.05, 3.63) is 40.6 Å². The van der Waals surface area contributed by atoms with Crippen molar-refractivity contribution in [1.82, 2.24) is 10.2 Å². The smallest absolute Gasteiger partial charge is 0.313 e. The minimum atomic E-state index is -0.753. The van der Waals surface area contributed by atoms with E-state index in [-0.39, 0.29) is 6.04 Å². The van der Waals surface area contributed by atoms with E-state index in [1.165, 1.54) is 14.2 Å². The van der Waals surface area contributed by atoms with Gasteiger partial charge in [-0.2, -0.15) is 11.3 Å². The van der Waals surface area contributed by atoms with Crippen molar-refractivity contribution in [1.29, 1.82) is 0 Å². The molecule has 0 aliphatic rings. The van der Waals surface area contributed by atoms with Crippen molar-refractivity contribution in [2.45, 2.75) is 6.04 Å². The van der Waals surface area contributed by atoms with Gasteiger partial charge in [0.2, 0.25) is 0 Å². The number of amides is 2. The van der Waals surface area contributed by atoms with Gasteiger partial charge in [-0.3, -0.25) is 9.59 Å². The lowest BCUT2D eigenvalue weighted by Gasteiger charge is -2.23. The summed E-state index contributed by atoms with van der Waals surface area (Å²) in [4.78, 5) is 26.3.